The van der Waals surface area contributed by atoms with Gasteiger partial charge in [0.15, 0.2) is 0 Å². The Kier molecular flexibility index (Phi) is 2.26. The average Bonchev–Trinajstić information content (AvgIpc) is 2.14. The van der Waals surface area contributed by atoms with Gasteiger partial charge in [-0.05, 0) is 23.1 Å². The van der Waals surface area contributed by atoms with Gasteiger partial charge in [-0.25, -0.2) is 4.79 Å². The Bertz CT molecular complexity index is 588. The average molecular weight is 218 g/mol. The molecule has 1 aromatic carbocycles. The van der Waals surface area contributed by atoms with Crippen LogP contribution in [0.1, 0.15) is 26.3 Å². The van der Waals surface area contributed by atoms with E-state index in [0.29, 0.717) is 5.58 Å². The number of fused-ring (bicyclic) bond motifs is 1. The zero-order chi connectivity index (χ0) is 11.9. The molecule has 84 valence electrons. The molecule has 0 fully saturated rings. The van der Waals surface area contributed by atoms with E-state index in [-0.39, 0.29) is 16.8 Å². The Morgan fingerprint density at radius 1 is 1.19 bits per heavy atom. The van der Waals surface area contributed by atoms with Crippen LogP contribution in [0.2, 0.25) is 0 Å². The van der Waals surface area contributed by atoms with E-state index in [1.54, 1.807) is 12.1 Å². The van der Waals surface area contributed by atoms with E-state index in [4.69, 9.17) is 4.42 Å². The van der Waals surface area contributed by atoms with Crippen LogP contribution in [0.25, 0.3) is 11.0 Å². The van der Waals surface area contributed by atoms with Gasteiger partial charge in [0.05, 0.1) is 0 Å². The van der Waals surface area contributed by atoms with E-state index in [1.165, 1.54) is 12.1 Å². The quantitative estimate of drug-likeness (QED) is 0.692. The van der Waals surface area contributed by atoms with E-state index < -0.39 is 0 Å². The molecule has 16 heavy (non-hydrogen) atoms. The van der Waals surface area contributed by atoms with Gasteiger partial charge in [0.25, 0.3) is 0 Å². The summed E-state index contributed by atoms with van der Waals surface area (Å²) in [5.74, 6) is 0.0988. The normalized spacial score (nSPS) is 11.9. The van der Waals surface area contributed by atoms with Crippen molar-refractivity contribution in [1.29, 1.82) is 0 Å². The summed E-state index contributed by atoms with van der Waals surface area (Å²) in [5.41, 5.74) is 0.838. The second kappa shape index (κ2) is 3.37. The minimum absolute atomic E-state index is 0.0988. The van der Waals surface area contributed by atoms with Gasteiger partial charge < -0.3 is 9.52 Å². The molecule has 0 radical (unpaired) electrons. The molecule has 1 heterocycles. The fraction of sp³-hybridized carbons (Fsp3) is 0.308. The molecule has 1 N–H and O–H groups in total. The van der Waals surface area contributed by atoms with Gasteiger partial charge in [-0.1, -0.05) is 20.8 Å². The van der Waals surface area contributed by atoms with Crippen molar-refractivity contribution in [1.82, 2.24) is 0 Å². The topological polar surface area (TPSA) is 50.4 Å². The number of benzene rings is 1. The number of aromatic hydroxyl groups is 1. The number of phenols is 1. The third-order valence-corrected chi connectivity index (χ3v) is 2.54. The molecule has 2 aromatic rings. The van der Waals surface area contributed by atoms with Crippen LogP contribution in [0.4, 0.5) is 0 Å². The lowest BCUT2D eigenvalue weighted by Crippen LogP contribution is -2.15. The van der Waals surface area contributed by atoms with Gasteiger partial charge >= 0.3 is 5.63 Å². The minimum atomic E-state index is -0.386. The molecule has 0 spiro atoms. The zero-order valence-corrected chi connectivity index (χ0v) is 9.57. The van der Waals surface area contributed by atoms with Crippen molar-refractivity contribution in [3.63, 3.8) is 0 Å². The molecule has 0 atom stereocenters. The lowest BCUT2D eigenvalue weighted by molar-refractivity contribution is 0.472. The molecule has 0 aliphatic rings. The molecule has 0 aliphatic heterocycles. The third-order valence-electron chi connectivity index (χ3n) is 2.54. The van der Waals surface area contributed by atoms with Crippen LogP contribution in [0.5, 0.6) is 5.75 Å². The first-order valence-electron chi connectivity index (χ1n) is 5.15. The van der Waals surface area contributed by atoms with Crippen molar-refractivity contribution < 1.29 is 9.52 Å². The van der Waals surface area contributed by atoms with Crippen molar-refractivity contribution in [2.45, 2.75) is 26.2 Å². The van der Waals surface area contributed by atoms with Crippen LogP contribution in [0, 0.1) is 0 Å². The largest absolute Gasteiger partial charge is 0.508 e. The van der Waals surface area contributed by atoms with Crippen LogP contribution in [0.3, 0.4) is 0 Å². The summed E-state index contributed by atoms with van der Waals surface area (Å²) in [7, 11) is 0. The number of rotatable bonds is 0. The number of hydrogen-bond acceptors (Lipinski definition) is 3. The van der Waals surface area contributed by atoms with Crippen LogP contribution in [0.15, 0.2) is 33.5 Å². The third kappa shape index (κ3) is 1.81. The van der Waals surface area contributed by atoms with Crippen LogP contribution in [-0.4, -0.2) is 5.11 Å². The molecule has 0 aliphatic carbocycles. The minimum Gasteiger partial charge on any atom is -0.508 e. The summed E-state index contributed by atoms with van der Waals surface area (Å²) in [6.45, 7) is 6.11. The second-order valence-electron chi connectivity index (χ2n) is 4.91. The lowest BCUT2D eigenvalue weighted by atomic mass is 9.85. The molecule has 0 unspecified atom stereocenters. The maximum absolute atomic E-state index is 11.4. The van der Waals surface area contributed by atoms with E-state index in [2.05, 4.69) is 0 Å². The Morgan fingerprint density at radius 2 is 1.88 bits per heavy atom. The zero-order valence-electron chi connectivity index (χ0n) is 9.57. The van der Waals surface area contributed by atoms with Crippen molar-refractivity contribution in [2.24, 2.45) is 0 Å². The summed E-state index contributed by atoms with van der Waals surface area (Å²) in [6, 6.07) is 6.34. The molecule has 2 rings (SSSR count). The van der Waals surface area contributed by atoms with Crippen LogP contribution >= 0.6 is 0 Å². The molecule has 0 saturated heterocycles. The fourth-order valence-corrected chi connectivity index (χ4v) is 1.77. The molecule has 3 nitrogen and oxygen atoms in total. The van der Waals surface area contributed by atoms with Crippen molar-refractivity contribution in [3.8, 4) is 5.75 Å². The highest BCUT2D eigenvalue weighted by Crippen LogP contribution is 2.30. The Hall–Kier alpha value is -1.77. The van der Waals surface area contributed by atoms with Crippen molar-refractivity contribution in [3.05, 3.63) is 40.2 Å². The summed E-state index contributed by atoms with van der Waals surface area (Å²) in [5, 5.41) is 10.2. The maximum atomic E-state index is 11.4. The van der Waals surface area contributed by atoms with Crippen LogP contribution < -0.4 is 5.63 Å². The second-order valence-corrected chi connectivity index (χ2v) is 4.91. The molecule has 1 aromatic heterocycles. The van der Waals surface area contributed by atoms with Gasteiger partial charge in [-0.2, -0.15) is 0 Å². The molecular formula is C13H14O3. The maximum Gasteiger partial charge on any atom is 0.336 e. The molecule has 0 bridgehead atoms. The standard InChI is InChI=1S/C13H14O3/c1-13(2,3)10-7-12(15)16-11-6-8(14)4-5-9(10)11/h4-7,14H,1-3H3. The molecule has 3 heteroatoms. The van der Waals surface area contributed by atoms with Crippen LogP contribution in [-0.2, 0) is 5.41 Å². The molecule has 0 amide bonds. The van der Waals surface area contributed by atoms with E-state index in [9.17, 15) is 9.90 Å². The highest BCUT2D eigenvalue weighted by molar-refractivity contribution is 5.82. The Labute approximate surface area is 93.3 Å². The van der Waals surface area contributed by atoms with Gasteiger partial charge in [0.1, 0.15) is 11.3 Å². The van der Waals surface area contributed by atoms with Gasteiger partial charge in [-0.15, -0.1) is 0 Å². The first-order chi connectivity index (χ1) is 7.38. The SMILES string of the molecule is CC(C)(C)c1cc(=O)oc2cc(O)ccc12. The molecular weight excluding hydrogens is 204 g/mol. The van der Waals surface area contributed by atoms with Crippen molar-refractivity contribution in [2.75, 3.05) is 0 Å². The predicted octanol–water partition coefficient (Wildman–Crippen LogP) is 2.80. The van der Waals surface area contributed by atoms with Gasteiger partial charge in [0, 0.05) is 17.5 Å². The van der Waals surface area contributed by atoms with Crippen molar-refractivity contribution >= 4 is 11.0 Å². The van der Waals surface area contributed by atoms with Gasteiger partial charge in [-0.3, -0.25) is 0 Å². The first-order valence-corrected chi connectivity index (χ1v) is 5.15. The van der Waals surface area contributed by atoms with E-state index >= 15 is 0 Å². The summed E-state index contributed by atoms with van der Waals surface area (Å²) in [6.07, 6.45) is 0. The fourth-order valence-electron chi connectivity index (χ4n) is 1.77. The molecule has 0 saturated carbocycles. The summed E-state index contributed by atoms with van der Waals surface area (Å²) < 4.78 is 5.06. The Morgan fingerprint density at radius 3 is 2.50 bits per heavy atom. The van der Waals surface area contributed by atoms with E-state index in [1.807, 2.05) is 20.8 Å². The van der Waals surface area contributed by atoms with E-state index in [0.717, 1.165) is 10.9 Å². The van der Waals surface area contributed by atoms with Gasteiger partial charge in [0.2, 0.25) is 0 Å². The first kappa shape index (κ1) is 10.7. The lowest BCUT2D eigenvalue weighted by Gasteiger charge is -2.20. The number of phenolic OH excluding ortho intramolecular Hbond substituents is 1. The monoisotopic (exact) mass is 218 g/mol. The predicted molar refractivity (Wildman–Crippen MR) is 62.8 cm³/mol. The number of hydrogen-bond donors (Lipinski definition) is 1. The smallest absolute Gasteiger partial charge is 0.336 e. The highest BCUT2D eigenvalue weighted by Gasteiger charge is 2.18. The summed E-state index contributed by atoms with van der Waals surface area (Å²) in [4.78, 5) is 11.4. The highest BCUT2D eigenvalue weighted by atomic mass is 16.4. The summed E-state index contributed by atoms with van der Waals surface area (Å²) >= 11 is 0. The Balaban J connectivity index is 2.89.